The van der Waals surface area contributed by atoms with Gasteiger partial charge in [-0.15, -0.1) is 0 Å². The number of hydrogen-bond donors (Lipinski definition) is 6. The van der Waals surface area contributed by atoms with E-state index in [0.29, 0.717) is 18.4 Å². The number of aromatic nitrogens is 2. The second kappa shape index (κ2) is 12.1. The average molecular weight is 487 g/mol. The van der Waals surface area contributed by atoms with Crippen molar-refractivity contribution in [3.63, 3.8) is 0 Å². The van der Waals surface area contributed by atoms with E-state index in [2.05, 4.69) is 15.3 Å². The molecule has 1 heterocycles. The van der Waals surface area contributed by atoms with Gasteiger partial charge in [0.05, 0.1) is 5.56 Å². The normalized spacial score (nSPS) is 12.3. The number of aromatic amines is 1. The third-order valence-corrected chi connectivity index (χ3v) is 5.25. The van der Waals surface area contributed by atoms with Crippen LogP contribution in [0, 0.1) is 0 Å². The summed E-state index contributed by atoms with van der Waals surface area (Å²) in [6, 6.07) is 4.36. The monoisotopic (exact) mass is 487 g/mol. The summed E-state index contributed by atoms with van der Waals surface area (Å²) in [5.41, 5.74) is 11.7. The molecule has 0 radical (unpaired) electrons. The summed E-state index contributed by atoms with van der Waals surface area (Å²) in [6.07, 6.45) is 0.934. The van der Waals surface area contributed by atoms with Crippen LogP contribution in [-0.2, 0) is 25.6 Å². The number of nitrogens with one attached hydrogen (secondary N) is 2. The SMILES string of the molecule is Nc1nc(N)c(CCCC(C=O)c2ccc(C(=O)NC(CCC(=O)O)C(=O)C(=O)O)cc2)c(=O)[nH]1. The van der Waals surface area contributed by atoms with E-state index in [0.717, 1.165) is 6.29 Å². The lowest BCUT2D eigenvalue weighted by molar-refractivity contribution is -0.150. The first-order valence-electron chi connectivity index (χ1n) is 10.5. The van der Waals surface area contributed by atoms with Crippen LogP contribution in [0.3, 0.4) is 0 Å². The number of carbonyl (C=O) groups is 5. The Morgan fingerprint density at radius 3 is 2.29 bits per heavy atom. The van der Waals surface area contributed by atoms with Gasteiger partial charge in [-0.1, -0.05) is 12.1 Å². The van der Waals surface area contributed by atoms with Crippen molar-refractivity contribution in [1.29, 1.82) is 0 Å². The number of rotatable bonds is 13. The summed E-state index contributed by atoms with van der Waals surface area (Å²) in [5, 5.41) is 19.9. The molecule has 2 unspecified atom stereocenters. The zero-order chi connectivity index (χ0) is 26.1. The number of nitrogen functional groups attached to an aromatic ring is 2. The van der Waals surface area contributed by atoms with Gasteiger partial charge in [-0.2, -0.15) is 4.98 Å². The molecule has 2 aromatic rings. The number of amides is 1. The maximum Gasteiger partial charge on any atom is 0.374 e. The molecule has 0 aliphatic rings. The highest BCUT2D eigenvalue weighted by Crippen LogP contribution is 2.21. The summed E-state index contributed by atoms with van der Waals surface area (Å²) in [4.78, 5) is 75.7. The fourth-order valence-corrected chi connectivity index (χ4v) is 3.40. The van der Waals surface area contributed by atoms with Gasteiger partial charge in [-0.3, -0.25) is 24.2 Å². The zero-order valence-electron chi connectivity index (χ0n) is 18.5. The molecule has 0 saturated carbocycles. The van der Waals surface area contributed by atoms with Gasteiger partial charge in [0.25, 0.3) is 17.2 Å². The van der Waals surface area contributed by atoms with E-state index < -0.39 is 47.6 Å². The molecule has 35 heavy (non-hydrogen) atoms. The Kier molecular flexibility index (Phi) is 9.20. The van der Waals surface area contributed by atoms with Gasteiger partial charge < -0.3 is 31.8 Å². The van der Waals surface area contributed by atoms with E-state index in [1.807, 2.05) is 0 Å². The van der Waals surface area contributed by atoms with Crippen LogP contribution >= 0.6 is 0 Å². The second-order valence-corrected chi connectivity index (χ2v) is 7.70. The van der Waals surface area contributed by atoms with Crippen LogP contribution in [0.5, 0.6) is 0 Å². The highest BCUT2D eigenvalue weighted by Gasteiger charge is 2.27. The maximum absolute atomic E-state index is 12.5. The van der Waals surface area contributed by atoms with Crippen LogP contribution in [0.25, 0.3) is 0 Å². The van der Waals surface area contributed by atoms with Crippen molar-refractivity contribution in [3.8, 4) is 0 Å². The Hall–Kier alpha value is -4.55. The number of ketones is 1. The fourth-order valence-electron chi connectivity index (χ4n) is 3.40. The largest absolute Gasteiger partial charge is 0.481 e. The molecule has 13 heteroatoms. The van der Waals surface area contributed by atoms with E-state index >= 15 is 0 Å². The molecule has 0 saturated heterocycles. The van der Waals surface area contributed by atoms with Crippen LogP contribution < -0.4 is 22.3 Å². The highest BCUT2D eigenvalue weighted by atomic mass is 16.4. The van der Waals surface area contributed by atoms with Crippen LogP contribution in [-0.4, -0.2) is 56.1 Å². The van der Waals surface area contributed by atoms with Crippen molar-refractivity contribution in [2.75, 3.05) is 11.5 Å². The molecule has 8 N–H and O–H groups in total. The first-order chi connectivity index (χ1) is 16.5. The lowest BCUT2D eigenvalue weighted by Crippen LogP contribution is -2.44. The van der Waals surface area contributed by atoms with Gasteiger partial charge in [0.1, 0.15) is 18.1 Å². The number of carboxylic acids is 2. The molecule has 186 valence electrons. The van der Waals surface area contributed by atoms with Crippen molar-refractivity contribution in [2.45, 2.75) is 44.1 Å². The van der Waals surface area contributed by atoms with Gasteiger partial charge in [-0.25, -0.2) is 4.79 Å². The Morgan fingerprint density at radius 2 is 1.74 bits per heavy atom. The number of carbonyl (C=O) groups excluding carboxylic acids is 3. The molecule has 0 fully saturated rings. The smallest absolute Gasteiger partial charge is 0.374 e. The quantitative estimate of drug-likeness (QED) is 0.160. The summed E-state index contributed by atoms with van der Waals surface area (Å²) < 4.78 is 0. The molecular weight excluding hydrogens is 462 g/mol. The van der Waals surface area contributed by atoms with E-state index in [1.54, 1.807) is 0 Å². The third-order valence-electron chi connectivity index (χ3n) is 5.25. The van der Waals surface area contributed by atoms with E-state index in [4.69, 9.17) is 21.7 Å². The minimum absolute atomic E-state index is 0.0207. The average Bonchev–Trinajstić information content (AvgIpc) is 2.80. The molecule has 2 atom stereocenters. The standard InChI is InChI=1S/C22H25N5O8/c23-18-14(20(33)27-22(24)26-18)3-1-2-13(10-28)11-4-6-12(7-5-11)19(32)25-15(8-9-16(29)30)17(31)21(34)35/h4-7,10,13,15H,1-3,8-9H2,(H,25,32)(H,29,30)(H,34,35)(H5,23,24,26,27,33). The van der Waals surface area contributed by atoms with Crippen LogP contribution in [0.2, 0.25) is 0 Å². The number of aldehydes is 1. The van der Waals surface area contributed by atoms with Crippen molar-refractivity contribution >= 4 is 41.7 Å². The number of nitrogens with two attached hydrogens (primary N) is 2. The first-order valence-corrected chi connectivity index (χ1v) is 10.5. The number of benzene rings is 1. The van der Waals surface area contributed by atoms with Gasteiger partial charge in [-0.05, 0) is 43.4 Å². The Morgan fingerprint density at radius 1 is 1.09 bits per heavy atom. The van der Waals surface area contributed by atoms with Crippen molar-refractivity contribution < 1.29 is 34.2 Å². The Labute approximate surface area is 198 Å². The van der Waals surface area contributed by atoms with Crippen LogP contribution in [0.15, 0.2) is 29.1 Å². The molecule has 1 amide bonds. The lowest BCUT2D eigenvalue weighted by atomic mass is 9.93. The summed E-state index contributed by atoms with van der Waals surface area (Å²) >= 11 is 0. The third kappa shape index (κ3) is 7.48. The molecule has 0 spiro atoms. The second-order valence-electron chi connectivity index (χ2n) is 7.70. The lowest BCUT2D eigenvalue weighted by Gasteiger charge is -2.15. The van der Waals surface area contributed by atoms with Crippen molar-refractivity contribution in [1.82, 2.24) is 15.3 Å². The van der Waals surface area contributed by atoms with Crippen LogP contribution in [0.1, 0.15) is 53.1 Å². The van der Waals surface area contributed by atoms with Crippen molar-refractivity contribution in [2.24, 2.45) is 0 Å². The predicted octanol–water partition coefficient (Wildman–Crippen LogP) is -0.143. The van der Waals surface area contributed by atoms with E-state index in [9.17, 15) is 28.8 Å². The van der Waals surface area contributed by atoms with Gasteiger partial charge in [0.15, 0.2) is 0 Å². The number of carboxylic acid groups (broad SMARTS) is 2. The number of Topliss-reactive ketones (excluding diaryl/α,β-unsaturated/α-hetero) is 1. The minimum Gasteiger partial charge on any atom is -0.481 e. The topological polar surface area (TPSA) is 236 Å². The molecule has 13 nitrogen and oxygen atoms in total. The van der Waals surface area contributed by atoms with Crippen LogP contribution in [0.4, 0.5) is 11.8 Å². The molecule has 2 rings (SSSR count). The van der Waals surface area contributed by atoms with Gasteiger partial charge in [0.2, 0.25) is 5.95 Å². The molecule has 0 aliphatic carbocycles. The first kappa shape index (κ1) is 26.7. The van der Waals surface area contributed by atoms with E-state index in [1.165, 1.54) is 24.3 Å². The van der Waals surface area contributed by atoms with Crippen molar-refractivity contribution in [3.05, 3.63) is 51.3 Å². The zero-order valence-corrected chi connectivity index (χ0v) is 18.5. The Bertz CT molecular complexity index is 1180. The Balaban J connectivity index is 2.04. The fraction of sp³-hybridized carbons (Fsp3) is 0.318. The molecular formula is C22H25N5O8. The molecule has 0 bridgehead atoms. The summed E-state index contributed by atoms with van der Waals surface area (Å²) in [5.74, 6) is -5.73. The van der Waals surface area contributed by atoms with E-state index in [-0.39, 0.29) is 35.7 Å². The van der Waals surface area contributed by atoms with Gasteiger partial charge >= 0.3 is 11.9 Å². The summed E-state index contributed by atoms with van der Waals surface area (Å²) in [7, 11) is 0. The highest BCUT2D eigenvalue weighted by molar-refractivity contribution is 6.35. The number of aliphatic carboxylic acids is 2. The number of anilines is 2. The number of nitrogens with zero attached hydrogens (tertiary/aromatic N) is 1. The maximum atomic E-state index is 12.5. The number of hydrogen-bond acceptors (Lipinski definition) is 9. The predicted molar refractivity (Wildman–Crippen MR) is 123 cm³/mol. The van der Waals surface area contributed by atoms with Gasteiger partial charge in [0, 0.05) is 17.9 Å². The number of H-pyrrole nitrogens is 1. The minimum atomic E-state index is -1.79. The molecule has 1 aromatic carbocycles. The molecule has 1 aromatic heterocycles. The summed E-state index contributed by atoms with van der Waals surface area (Å²) in [6.45, 7) is 0. The molecule has 0 aliphatic heterocycles.